The van der Waals surface area contributed by atoms with E-state index >= 15 is 0 Å². The van der Waals surface area contributed by atoms with Crippen molar-refractivity contribution in [3.05, 3.63) is 40.6 Å². The highest BCUT2D eigenvalue weighted by Gasteiger charge is 2.10. The van der Waals surface area contributed by atoms with E-state index in [9.17, 15) is 4.39 Å². The molecule has 20 heavy (non-hydrogen) atoms. The number of benzene rings is 1. The fraction of sp³-hybridized carbons (Fsp3) is 0.400. The smallest absolute Gasteiger partial charge is 0.194 e. The molecule has 0 bridgehead atoms. The molecular formula is C15H18BrFN2O. The van der Waals surface area contributed by atoms with Gasteiger partial charge in [-0.15, -0.1) is 0 Å². The lowest BCUT2D eigenvalue weighted by Crippen LogP contribution is -2.16. The van der Waals surface area contributed by atoms with Crippen LogP contribution in [0.4, 0.5) is 4.39 Å². The molecule has 0 atom stereocenters. The summed E-state index contributed by atoms with van der Waals surface area (Å²) < 4.78 is 19.7. The lowest BCUT2D eigenvalue weighted by atomic mass is 10.2. The summed E-state index contributed by atoms with van der Waals surface area (Å²) >= 11 is 3.39. The maximum Gasteiger partial charge on any atom is 0.194 e. The average Bonchev–Trinajstić information content (AvgIpc) is 2.90. The molecule has 2 aromatic rings. The Morgan fingerprint density at radius 2 is 2.20 bits per heavy atom. The van der Waals surface area contributed by atoms with Crippen LogP contribution >= 0.6 is 15.9 Å². The summed E-state index contributed by atoms with van der Waals surface area (Å²) in [5.74, 6) is 0.993. The average molecular weight is 341 g/mol. The molecule has 0 saturated carbocycles. The first-order valence-corrected chi connectivity index (χ1v) is 7.61. The minimum absolute atomic E-state index is 0.287. The van der Waals surface area contributed by atoms with Crippen molar-refractivity contribution in [2.24, 2.45) is 0 Å². The molecule has 1 heterocycles. The molecule has 1 aromatic carbocycles. The Bertz CT molecular complexity index is 557. The molecule has 0 spiro atoms. The van der Waals surface area contributed by atoms with Crippen LogP contribution in [0.25, 0.3) is 11.3 Å². The molecule has 0 aliphatic heterocycles. The number of aromatic nitrogens is 1. The molecule has 0 aliphatic carbocycles. The van der Waals surface area contributed by atoms with Crippen LogP contribution in [0.5, 0.6) is 0 Å². The van der Waals surface area contributed by atoms with Crippen molar-refractivity contribution in [3.63, 3.8) is 0 Å². The molecule has 3 nitrogen and oxygen atoms in total. The first-order chi connectivity index (χ1) is 9.70. The summed E-state index contributed by atoms with van der Waals surface area (Å²) in [6.07, 6.45) is 4.54. The molecule has 0 aliphatic rings. The normalized spacial score (nSPS) is 10.9. The van der Waals surface area contributed by atoms with Gasteiger partial charge in [0, 0.05) is 16.5 Å². The Kier molecular flexibility index (Phi) is 5.73. The number of hydrogen-bond acceptors (Lipinski definition) is 3. The van der Waals surface area contributed by atoms with Crippen LogP contribution in [-0.2, 0) is 6.42 Å². The predicted molar refractivity (Wildman–Crippen MR) is 81.1 cm³/mol. The minimum Gasteiger partial charge on any atom is -0.441 e. The van der Waals surface area contributed by atoms with Gasteiger partial charge in [0.2, 0.25) is 0 Å². The van der Waals surface area contributed by atoms with E-state index in [1.165, 1.54) is 12.1 Å². The molecule has 1 aromatic heterocycles. The van der Waals surface area contributed by atoms with E-state index in [0.717, 1.165) is 36.8 Å². The van der Waals surface area contributed by atoms with Gasteiger partial charge in [0.1, 0.15) is 5.82 Å². The van der Waals surface area contributed by atoms with Crippen LogP contribution in [0.3, 0.4) is 0 Å². The first kappa shape index (κ1) is 15.2. The molecule has 0 saturated heterocycles. The molecule has 108 valence electrons. The highest BCUT2D eigenvalue weighted by atomic mass is 79.9. The summed E-state index contributed by atoms with van der Waals surface area (Å²) in [7, 11) is 0. The van der Waals surface area contributed by atoms with E-state index < -0.39 is 0 Å². The third kappa shape index (κ3) is 4.15. The molecule has 1 N–H and O–H groups in total. The summed E-state index contributed by atoms with van der Waals surface area (Å²) in [6.45, 7) is 4.13. The van der Waals surface area contributed by atoms with Gasteiger partial charge >= 0.3 is 0 Å². The van der Waals surface area contributed by atoms with E-state index in [1.54, 1.807) is 12.3 Å². The number of halogens is 2. The number of nitrogens with one attached hydrogen (secondary N) is 1. The van der Waals surface area contributed by atoms with E-state index in [0.29, 0.717) is 17.2 Å². The Morgan fingerprint density at radius 1 is 1.35 bits per heavy atom. The maximum atomic E-state index is 13.3. The van der Waals surface area contributed by atoms with Crippen molar-refractivity contribution in [2.45, 2.75) is 26.2 Å². The third-order valence-corrected chi connectivity index (χ3v) is 3.61. The van der Waals surface area contributed by atoms with Gasteiger partial charge in [-0.05, 0) is 44.1 Å². The maximum absolute atomic E-state index is 13.3. The van der Waals surface area contributed by atoms with Gasteiger partial charge in [0.15, 0.2) is 11.7 Å². The lowest BCUT2D eigenvalue weighted by molar-refractivity contribution is 0.491. The molecule has 0 amide bonds. The quantitative estimate of drug-likeness (QED) is 0.768. The highest BCUT2D eigenvalue weighted by Crippen LogP contribution is 2.29. The first-order valence-electron chi connectivity index (χ1n) is 6.81. The largest absolute Gasteiger partial charge is 0.441 e. The van der Waals surface area contributed by atoms with Gasteiger partial charge in [-0.25, -0.2) is 9.37 Å². The summed E-state index contributed by atoms with van der Waals surface area (Å²) in [5.41, 5.74) is 0.688. The standard InChI is InChI=1S/C15H18BrFN2O/c1-2-7-18-8-3-4-15-19-10-14(20-15)12-9-11(17)5-6-13(12)16/h5-6,9-10,18H,2-4,7-8H2,1H3. The Hall–Kier alpha value is -1.20. The number of hydrogen-bond donors (Lipinski definition) is 1. The van der Waals surface area contributed by atoms with Crippen LogP contribution in [0, 0.1) is 5.82 Å². The van der Waals surface area contributed by atoms with Crippen molar-refractivity contribution in [2.75, 3.05) is 13.1 Å². The second-order valence-electron chi connectivity index (χ2n) is 4.60. The minimum atomic E-state index is -0.287. The highest BCUT2D eigenvalue weighted by molar-refractivity contribution is 9.10. The van der Waals surface area contributed by atoms with E-state index in [1.807, 2.05) is 0 Å². The Morgan fingerprint density at radius 3 is 3.00 bits per heavy atom. The number of nitrogens with zero attached hydrogens (tertiary/aromatic N) is 1. The van der Waals surface area contributed by atoms with E-state index in [-0.39, 0.29) is 5.82 Å². The Balaban J connectivity index is 1.96. The summed E-state index contributed by atoms with van der Waals surface area (Å²) in [6, 6.07) is 4.52. The number of oxazole rings is 1. The number of aryl methyl sites for hydroxylation is 1. The number of rotatable bonds is 7. The van der Waals surface area contributed by atoms with Crippen molar-refractivity contribution in [3.8, 4) is 11.3 Å². The fourth-order valence-electron chi connectivity index (χ4n) is 1.90. The lowest BCUT2D eigenvalue weighted by Gasteiger charge is -2.01. The van der Waals surface area contributed by atoms with Crippen LogP contribution in [0.2, 0.25) is 0 Å². The predicted octanol–water partition coefficient (Wildman–Crippen LogP) is 4.18. The topological polar surface area (TPSA) is 38.1 Å². The van der Waals surface area contributed by atoms with Crippen molar-refractivity contribution in [1.29, 1.82) is 0 Å². The summed E-state index contributed by atoms with van der Waals surface area (Å²) in [5, 5.41) is 3.33. The van der Waals surface area contributed by atoms with Crippen molar-refractivity contribution in [1.82, 2.24) is 10.3 Å². The fourth-order valence-corrected chi connectivity index (χ4v) is 2.35. The van der Waals surface area contributed by atoms with E-state index in [4.69, 9.17) is 4.42 Å². The molecule has 0 radical (unpaired) electrons. The van der Waals surface area contributed by atoms with Gasteiger partial charge in [0.25, 0.3) is 0 Å². The molecule has 0 unspecified atom stereocenters. The SMILES string of the molecule is CCCNCCCc1ncc(-c2cc(F)ccc2Br)o1. The summed E-state index contributed by atoms with van der Waals surface area (Å²) in [4.78, 5) is 4.24. The van der Waals surface area contributed by atoms with Gasteiger partial charge < -0.3 is 9.73 Å². The molecule has 2 rings (SSSR count). The van der Waals surface area contributed by atoms with Crippen LogP contribution < -0.4 is 5.32 Å². The molecule has 5 heteroatoms. The zero-order chi connectivity index (χ0) is 14.4. The van der Waals surface area contributed by atoms with Crippen LogP contribution in [0.15, 0.2) is 33.3 Å². The molecular weight excluding hydrogens is 323 g/mol. The Labute approximate surface area is 126 Å². The monoisotopic (exact) mass is 340 g/mol. The van der Waals surface area contributed by atoms with Gasteiger partial charge in [-0.2, -0.15) is 0 Å². The van der Waals surface area contributed by atoms with Crippen molar-refractivity contribution < 1.29 is 8.81 Å². The van der Waals surface area contributed by atoms with Gasteiger partial charge in [-0.1, -0.05) is 22.9 Å². The van der Waals surface area contributed by atoms with Gasteiger partial charge in [0.05, 0.1) is 6.20 Å². The molecule has 0 fully saturated rings. The zero-order valence-electron chi connectivity index (χ0n) is 11.5. The zero-order valence-corrected chi connectivity index (χ0v) is 13.0. The van der Waals surface area contributed by atoms with E-state index in [2.05, 4.69) is 33.2 Å². The van der Waals surface area contributed by atoms with Crippen LogP contribution in [-0.4, -0.2) is 18.1 Å². The van der Waals surface area contributed by atoms with Gasteiger partial charge in [-0.3, -0.25) is 0 Å². The van der Waals surface area contributed by atoms with Crippen LogP contribution in [0.1, 0.15) is 25.7 Å². The second-order valence-corrected chi connectivity index (χ2v) is 5.45. The second kappa shape index (κ2) is 7.55. The third-order valence-electron chi connectivity index (χ3n) is 2.92. The van der Waals surface area contributed by atoms with Crippen molar-refractivity contribution >= 4 is 15.9 Å².